The maximum Gasteiger partial charge on any atom is 0.237 e. The minimum absolute atomic E-state index is 0.0141. The van der Waals surface area contributed by atoms with Crippen molar-refractivity contribution in [3.8, 4) is 0 Å². The average molecular weight is 209 g/mol. The highest BCUT2D eigenvalue weighted by atomic mass is 32.2. The van der Waals surface area contributed by atoms with Crippen LogP contribution in [0, 0.1) is 0 Å². The minimum atomic E-state index is 0.0141. The van der Waals surface area contributed by atoms with Gasteiger partial charge >= 0.3 is 0 Å². The van der Waals surface area contributed by atoms with Crippen LogP contribution in [0.5, 0.6) is 0 Å². The summed E-state index contributed by atoms with van der Waals surface area (Å²) in [6.07, 6.45) is 0. The van der Waals surface area contributed by atoms with Crippen LogP contribution in [0.2, 0.25) is 0 Å². The molecule has 0 saturated carbocycles. The van der Waals surface area contributed by atoms with Crippen LogP contribution in [0.4, 0.5) is 5.69 Å². The van der Waals surface area contributed by atoms with Crippen LogP contribution in [0.1, 0.15) is 13.8 Å². The molecule has 0 aromatic heterocycles. The van der Waals surface area contributed by atoms with Crippen LogP contribution in [0.3, 0.4) is 0 Å². The number of carbonyl (C=O) groups excluding carboxylic acids is 1. The van der Waals surface area contributed by atoms with E-state index >= 15 is 0 Å². The highest BCUT2D eigenvalue weighted by molar-refractivity contribution is 8.00. The van der Waals surface area contributed by atoms with Crippen molar-refractivity contribution < 1.29 is 4.79 Å². The summed E-state index contributed by atoms with van der Waals surface area (Å²) in [4.78, 5) is 11.6. The first-order chi connectivity index (χ1) is 6.74. The second-order valence-electron chi connectivity index (χ2n) is 2.95. The van der Waals surface area contributed by atoms with Crippen molar-refractivity contribution in [2.45, 2.75) is 19.1 Å². The van der Waals surface area contributed by atoms with E-state index in [4.69, 9.17) is 0 Å². The Hall–Kier alpha value is -0.960. The molecular weight excluding hydrogens is 194 g/mol. The molecule has 1 N–H and O–H groups in total. The second-order valence-corrected chi connectivity index (χ2v) is 4.57. The first kappa shape index (κ1) is 11.1. The maximum atomic E-state index is 11.6. The van der Waals surface area contributed by atoms with Gasteiger partial charge in [-0.05, 0) is 24.8 Å². The standard InChI is InChI=1S/C11H15NOS/c1-3-14-9(2)11(13)12-10-7-5-4-6-8-10/h4-9H,3H2,1-2H3,(H,12,13). The number of carbonyl (C=O) groups is 1. The van der Waals surface area contributed by atoms with Crippen molar-refractivity contribution in [2.24, 2.45) is 0 Å². The van der Waals surface area contributed by atoms with Gasteiger partial charge in [0.1, 0.15) is 0 Å². The molecule has 1 aromatic rings. The Balaban J connectivity index is 2.49. The van der Waals surface area contributed by atoms with Gasteiger partial charge in [0, 0.05) is 5.69 Å². The molecule has 0 aliphatic rings. The van der Waals surface area contributed by atoms with E-state index < -0.39 is 0 Å². The number of anilines is 1. The molecule has 0 spiro atoms. The predicted octanol–water partition coefficient (Wildman–Crippen LogP) is 2.77. The van der Waals surface area contributed by atoms with E-state index in [9.17, 15) is 4.79 Å². The number of hydrogen-bond donors (Lipinski definition) is 1. The largest absolute Gasteiger partial charge is 0.325 e. The van der Waals surface area contributed by atoms with Crippen molar-refractivity contribution >= 4 is 23.4 Å². The molecule has 0 heterocycles. The quantitative estimate of drug-likeness (QED) is 0.826. The van der Waals surface area contributed by atoms with Crippen LogP contribution in [-0.4, -0.2) is 16.9 Å². The summed E-state index contributed by atoms with van der Waals surface area (Å²) in [5.41, 5.74) is 0.862. The number of para-hydroxylation sites is 1. The van der Waals surface area contributed by atoms with Crippen LogP contribution in [0.15, 0.2) is 30.3 Å². The van der Waals surface area contributed by atoms with Gasteiger partial charge in [-0.2, -0.15) is 0 Å². The smallest absolute Gasteiger partial charge is 0.237 e. The maximum absolute atomic E-state index is 11.6. The van der Waals surface area contributed by atoms with E-state index in [2.05, 4.69) is 12.2 Å². The zero-order valence-corrected chi connectivity index (χ0v) is 9.30. The summed E-state index contributed by atoms with van der Waals surface area (Å²) in [6, 6.07) is 9.53. The van der Waals surface area contributed by atoms with E-state index in [1.807, 2.05) is 37.3 Å². The zero-order valence-electron chi connectivity index (χ0n) is 8.49. The van der Waals surface area contributed by atoms with Gasteiger partial charge in [-0.3, -0.25) is 4.79 Å². The number of amides is 1. The summed E-state index contributed by atoms with van der Waals surface area (Å²) >= 11 is 1.65. The van der Waals surface area contributed by atoms with Crippen LogP contribution < -0.4 is 5.32 Å². The van der Waals surface area contributed by atoms with E-state index in [1.165, 1.54) is 0 Å². The van der Waals surface area contributed by atoms with Gasteiger partial charge in [0.15, 0.2) is 0 Å². The summed E-state index contributed by atoms with van der Waals surface area (Å²) in [7, 11) is 0. The van der Waals surface area contributed by atoms with Gasteiger partial charge in [-0.1, -0.05) is 25.1 Å². The Morgan fingerprint density at radius 2 is 2.07 bits per heavy atom. The number of benzene rings is 1. The molecule has 14 heavy (non-hydrogen) atoms. The minimum Gasteiger partial charge on any atom is -0.325 e. The topological polar surface area (TPSA) is 29.1 Å². The highest BCUT2D eigenvalue weighted by Crippen LogP contribution is 2.12. The molecule has 2 nitrogen and oxygen atoms in total. The van der Waals surface area contributed by atoms with Gasteiger partial charge < -0.3 is 5.32 Å². The van der Waals surface area contributed by atoms with Crippen molar-refractivity contribution in [3.05, 3.63) is 30.3 Å². The van der Waals surface area contributed by atoms with Crippen molar-refractivity contribution in [3.63, 3.8) is 0 Å². The highest BCUT2D eigenvalue weighted by Gasteiger charge is 2.11. The third-order valence-corrected chi connectivity index (χ3v) is 2.87. The Morgan fingerprint density at radius 3 is 2.64 bits per heavy atom. The van der Waals surface area contributed by atoms with Crippen molar-refractivity contribution in [1.29, 1.82) is 0 Å². The molecule has 0 aliphatic carbocycles. The fourth-order valence-corrected chi connectivity index (χ4v) is 1.80. The Morgan fingerprint density at radius 1 is 1.43 bits per heavy atom. The molecule has 0 fully saturated rings. The lowest BCUT2D eigenvalue weighted by atomic mass is 10.3. The third-order valence-electron chi connectivity index (χ3n) is 1.83. The van der Waals surface area contributed by atoms with Crippen LogP contribution in [-0.2, 0) is 4.79 Å². The van der Waals surface area contributed by atoms with Gasteiger partial charge in [0.05, 0.1) is 5.25 Å². The summed E-state index contributed by atoms with van der Waals surface area (Å²) in [6.45, 7) is 3.98. The lowest BCUT2D eigenvalue weighted by Gasteiger charge is -2.10. The fourth-order valence-electron chi connectivity index (χ4n) is 1.09. The molecule has 1 amide bonds. The molecule has 76 valence electrons. The summed E-state index contributed by atoms with van der Waals surface area (Å²) in [5.74, 6) is 1.03. The van der Waals surface area contributed by atoms with Crippen molar-refractivity contribution in [2.75, 3.05) is 11.1 Å². The number of nitrogens with one attached hydrogen (secondary N) is 1. The molecule has 0 saturated heterocycles. The molecule has 3 heteroatoms. The lowest BCUT2D eigenvalue weighted by molar-refractivity contribution is -0.115. The average Bonchev–Trinajstić information content (AvgIpc) is 2.19. The molecule has 1 unspecified atom stereocenters. The first-order valence-corrected chi connectivity index (χ1v) is 5.76. The molecule has 0 radical (unpaired) electrons. The lowest BCUT2D eigenvalue weighted by Crippen LogP contribution is -2.22. The van der Waals surface area contributed by atoms with E-state index in [0.717, 1.165) is 11.4 Å². The molecule has 0 bridgehead atoms. The molecular formula is C11H15NOS. The third kappa shape index (κ3) is 3.42. The van der Waals surface area contributed by atoms with Gasteiger partial charge in [-0.15, -0.1) is 11.8 Å². The Bertz CT molecular complexity index is 287. The zero-order chi connectivity index (χ0) is 10.4. The van der Waals surface area contributed by atoms with E-state index in [-0.39, 0.29) is 11.2 Å². The number of rotatable bonds is 4. The fraction of sp³-hybridized carbons (Fsp3) is 0.364. The van der Waals surface area contributed by atoms with E-state index in [1.54, 1.807) is 11.8 Å². The first-order valence-electron chi connectivity index (χ1n) is 4.71. The van der Waals surface area contributed by atoms with Crippen LogP contribution >= 0.6 is 11.8 Å². The predicted molar refractivity (Wildman–Crippen MR) is 62.7 cm³/mol. The second kappa shape index (κ2) is 5.70. The number of thioether (sulfide) groups is 1. The summed E-state index contributed by atoms with van der Waals surface area (Å²) < 4.78 is 0. The molecule has 1 rings (SSSR count). The monoisotopic (exact) mass is 209 g/mol. The van der Waals surface area contributed by atoms with Gasteiger partial charge in [0.25, 0.3) is 0 Å². The SMILES string of the molecule is CCSC(C)C(=O)Nc1ccccc1. The normalized spacial score (nSPS) is 12.1. The van der Waals surface area contributed by atoms with Crippen LogP contribution in [0.25, 0.3) is 0 Å². The molecule has 1 atom stereocenters. The van der Waals surface area contributed by atoms with Gasteiger partial charge in [0.2, 0.25) is 5.91 Å². The molecule has 1 aromatic carbocycles. The summed E-state index contributed by atoms with van der Waals surface area (Å²) in [5, 5.41) is 2.88. The molecule has 0 aliphatic heterocycles. The Labute approximate surface area is 89.1 Å². The van der Waals surface area contributed by atoms with Crippen molar-refractivity contribution in [1.82, 2.24) is 0 Å². The Kier molecular flexibility index (Phi) is 4.53. The number of hydrogen-bond acceptors (Lipinski definition) is 2. The van der Waals surface area contributed by atoms with Gasteiger partial charge in [-0.25, -0.2) is 0 Å². The van der Waals surface area contributed by atoms with E-state index in [0.29, 0.717) is 0 Å².